The Labute approximate surface area is 335 Å². The van der Waals surface area contributed by atoms with Gasteiger partial charge in [0, 0.05) is 56.9 Å². The first-order chi connectivity index (χ1) is 28.4. The molecule has 5 heterocycles. The normalized spacial score (nSPS) is 11.7. The summed E-state index contributed by atoms with van der Waals surface area (Å²) in [5.41, 5.74) is 15.0. The summed E-state index contributed by atoms with van der Waals surface area (Å²) in [6, 6.07) is 40.4. The summed E-state index contributed by atoms with van der Waals surface area (Å²) in [6.07, 6.45) is 8.28. The summed E-state index contributed by atoms with van der Waals surface area (Å²) < 4.78 is 16.6. The maximum atomic E-state index is 11.9. The van der Waals surface area contributed by atoms with Gasteiger partial charge in [0.25, 0.3) is 0 Å². The molecular formula is C49H39N5O4. The number of aromatic nitrogens is 4. The number of nitrogens with one attached hydrogen (secondary N) is 3. The topological polar surface area (TPSA) is 114 Å². The minimum absolute atomic E-state index is 0.130. The zero-order valence-electron chi connectivity index (χ0n) is 32.4. The fourth-order valence-corrected chi connectivity index (χ4v) is 7.62. The molecule has 3 N–H and O–H groups in total. The molecular weight excluding hydrogens is 723 g/mol. The Balaban J connectivity index is 1.42. The van der Waals surface area contributed by atoms with Crippen molar-refractivity contribution in [1.82, 2.24) is 19.9 Å². The highest BCUT2D eigenvalue weighted by Crippen LogP contribution is 2.39. The van der Waals surface area contributed by atoms with Gasteiger partial charge < -0.3 is 29.5 Å². The first-order valence-electron chi connectivity index (χ1n) is 18.9. The highest BCUT2D eigenvalue weighted by molar-refractivity contribution is 6.00. The van der Waals surface area contributed by atoms with Gasteiger partial charge in [-0.05, 0) is 119 Å². The Morgan fingerprint density at radius 2 is 0.707 bits per heavy atom. The molecule has 0 fully saturated rings. The lowest BCUT2D eigenvalue weighted by atomic mass is 10.0. The largest absolute Gasteiger partial charge is 0.497 e. The molecule has 0 spiro atoms. The molecule has 9 rings (SSSR count). The average Bonchev–Trinajstić information content (AvgIpc) is 4.10. The van der Waals surface area contributed by atoms with E-state index in [1.165, 1.54) is 6.92 Å². The highest BCUT2D eigenvalue weighted by Gasteiger charge is 2.19. The first-order valence-corrected chi connectivity index (χ1v) is 18.9. The second-order valence-corrected chi connectivity index (χ2v) is 13.9. The third-order valence-corrected chi connectivity index (χ3v) is 10.4. The van der Waals surface area contributed by atoms with Crippen molar-refractivity contribution >= 4 is 58.0 Å². The molecule has 3 aromatic heterocycles. The molecule has 9 heteroatoms. The quantitative estimate of drug-likeness (QED) is 0.142. The first kappa shape index (κ1) is 36.0. The number of nitrogens with zero attached hydrogens (tertiary/aromatic N) is 2. The number of aromatic amines is 2. The summed E-state index contributed by atoms with van der Waals surface area (Å²) >= 11 is 0. The lowest BCUT2D eigenvalue weighted by molar-refractivity contribution is -0.114. The predicted molar refractivity (Wildman–Crippen MR) is 235 cm³/mol. The predicted octanol–water partition coefficient (Wildman–Crippen LogP) is 11.3. The minimum atomic E-state index is -0.130. The molecule has 0 aliphatic carbocycles. The monoisotopic (exact) mass is 761 g/mol. The Morgan fingerprint density at radius 3 is 0.966 bits per heavy atom. The summed E-state index contributed by atoms with van der Waals surface area (Å²) in [7, 11) is 5.00. The van der Waals surface area contributed by atoms with Gasteiger partial charge in [-0.25, -0.2) is 9.97 Å². The molecule has 0 unspecified atom stereocenters. The number of fused-ring (bicyclic) bond motifs is 8. The third kappa shape index (κ3) is 6.79. The number of amides is 1. The second kappa shape index (κ2) is 15.1. The number of benzene rings is 4. The number of H-pyrrole nitrogens is 2. The molecule has 2 aliphatic rings. The van der Waals surface area contributed by atoms with E-state index in [0.29, 0.717) is 5.69 Å². The van der Waals surface area contributed by atoms with Gasteiger partial charge in [-0.1, -0.05) is 48.5 Å². The van der Waals surface area contributed by atoms with Gasteiger partial charge >= 0.3 is 0 Å². The number of hydrogen-bond donors (Lipinski definition) is 3. The molecule has 2 aliphatic heterocycles. The summed E-state index contributed by atoms with van der Waals surface area (Å²) in [4.78, 5) is 30.2. The molecule has 0 radical (unpaired) electrons. The van der Waals surface area contributed by atoms with Crippen LogP contribution in [0.15, 0.2) is 121 Å². The van der Waals surface area contributed by atoms with Crippen molar-refractivity contribution in [2.45, 2.75) is 6.92 Å². The van der Waals surface area contributed by atoms with Crippen molar-refractivity contribution in [2.75, 3.05) is 26.6 Å². The maximum absolute atomic E-state index is 11.9. The number of hydrogen-bond acceptors (Lipinski definition) is 6. The molecule has 9 nitrogen and oxygen atoms in total. The van der Waals surface area contributed by atoms with Gasteiger partial charge in [0.05, 0.1) is 44.1 Å². The Kier molecular flexibility index (Phi) is 9.39. The van der Waals surface area contributed by atoms with Crippen LogP contribution in [0, 0.1) is 0 Å². The van der Waals surface area contributed by atoms with Crippen molar-refractivity contribution in [1.29, 1.82) is 0 Å². The van der Waals surface area contributed by atoms with Crippen molar-refractivity contribution in [3.05, 3.63) is 144 Å². The molecule has 58 heavy (non-hydrogen) atoms. The average molecular weight is 762 g/mol. The lowest BCUT2D eigenvalue weighted by Gasteiger charge is -2.08. The number of anilines is 1. The van der Waals surface area contributed by atoms with Crippen LogP contribution in [-0.4, -0.2) is 47.2 Å². The Hall–Kier alpha value is -7.65. The molecule has 284 valence electrons. The van der Waals surface area contributed by atoms with Crippen molar-refractivity contribution < 1.29 is 19.0 Å². The van der Waals surface area contributed by atoms with E-state index in [1.807, 2.05) is 60.7 Å². The smallest absolute Gasteiger partial charge is 0.221 e. The number of carbonyl (C=O) groups is 1. The fourth-order valence-electron chi connectivity index (χ4n) is 7.62. The van der Waals surface area contributed by atoms with Gasteiger partial charge in [0.2, 0.25) is 5.91 Å². The maximum Gasteiger partial charge on any atom is 0.221 e. The Bertz CT molecular complexity index is 2880. The van der Waals surface area contributed by atoms with Crippen LogP contribution in [0.2, 0.25) is 0 Å². The Morgan fingerprint density at radius 1 is 0.431 bits per heavy atom. The van der Waals surface area contributed by atoms with Crippen LogP contribution >= 0.6 is 0 Å². The summed E-state index contributed by atoms with van der Waals surface area (Å²) in [6.45, 7) is 1.50. The zero-order chi connectivity index (χ0) is 39.8. The van der Waals surface area contributed by atoms with Gasteiger partial charge in [0.15, 0.2) is 0 Å². The van der Waals surface area contributed by atoms with E-state index in [9.17, 15) is 4.79 Å². The lowest BCUT2D eigenvalue weighted by Crippen LogP contribution is -2.05. The van der Waals surface area contributed by atoms with Crippen molar-refractivity contribution in [3.8, 4) is 61.8 Å². The fraction of sp³-hybridized carbons (Fsp3) is 0.0816. The number of ether oxygens (including phenoxy) is 3. The molecule has 4 aromatic carbocycles. The second-order valence-electron chi connectivity index (χ2n) is 13.9. The summed E-state index contributed by atoms with van der Waals surface area (Å²) in [5, 5.41) is 2.89. The van der Waals surface area contributed by atoms with Crippen molar-refractivity contribution in [3.63, 3.8) is 0 Å². The van der Waals surface area contributed by atoms with Crippen LogP contribution in [0.1, 0.15) is 29.7 Å². The van der Waals surface area contributed by atoms with Crippen LogP contribution in [0.5, 0.6) is 17.2 Å². The SMILES string of the molecule is COc1ccc(-c2c3nc(c(-c4ccc(OC)cc4)c4ccc([nH]4)c(-c4ccc(OC)cc4)c4nc(c(-c5ccc(NC(C)=O)cc5)c5ccc2[nH]5)C=C4)C=C3)cc1. The van der Waals surface area contributed by atoms with E-state index in [2.05, 4.69) is 100 Å². The number of rotatable bonds is 8. The van der Waals surface area contributed by atoms with E-state index in [4.69, 9.17) is 24.2 Å². The van der Waals surface area contributed by atoms with Crippen LogP contribution in [-0.2, 0) is 4.79 Å². The number of methoxy groups -OCH3 is 3. The van der Waals surface area contributed by atoms with Gasteiger partial charge in [-0.3, -0.25) is 4.79 Å². The van der Waals surface area contributed by atoms with Gasteiger partial charge in [0.1, 0.15) is 17.2 Å². The zero-order valence-corrected chi connectivity index (χ0v) is 32.4. The molecule has 0 atom stereocenters. The van der Waals surface area contributed by atoms with E-state index in [1.54, 1.807) is 21.3 Å². The van der Waals surface area contributed by atoms with Gasteiger partial charge in [-0.15, -0.1) is 0 Å². The molecule has 0 saturated heterocycles. The molecule has 1 amide bonds. The van der Waals surface area contributed by atoms with Crippen LogP contribution < -0.4 is 19.5 Å². The van der Waals surface area contributed by atoms with Crippen LogP contribution in [0.25, 0.3) is 90.9 Å². The van der Waals surface area contributed by atoms with E-state index >= 15 is 0 Å². The minimum Gasteiger partial charge on any atom is -0.497 e. The standard InChI is InChI=1S/C49H39N5O4/c1-29(55)50-34-13-5-30(6-14-34)46-38-21-23-40(51-38)47(31-7-15-35(56-2)16-8-31)42-25-27-44(53-42)49(33-11-19-37(58-4)20-12-33)45-28-26-43(54-45)48(41-24-22-39(46)52-41)32-9-17-36(57-3)18-10-32/h5-28,51,54H,1-4H3,(H,50,55). The van der Waals surface area contributed by atoms with Crippen LogP contribution in [0.3, 0.4) is 0 Å². The highest BCUT2D eigenvalue weighted by atomic mass is 16.5. The molecule has 7 aromatic rings. The summed E-state index contributed by atoms with van der Waals surface area (Å²) in [5.74, 6) is 2.17. The van der Waals surface area contributed by atoms with E-state index < -0.39 is 0 Å². The van der Waals surface area contributed by atoms with Crippen LogP contribution in [0.4, 0.5) is 5.69 Å². The van der Waals surface area contributed by atoms with Crippen molar-refractivity contribution in [2.24, 2.45) is 0 Å². The molecule has 0 saturated carbocycles. The van der Waals surface area contributed by atoms with Gasteiger partial charge in [-0.2, -0.15) is 0 Å². The number of carbonyl (C=O) groups excluding carboxylic acids is 1. The van der Waals surface area contributed by atoms with E-state index in [-0.39, 0.29) is 5.91 Å². The molecule has 8 bridgehead atoms. The third-order valence-electron chi connectivity index (χ3n) is 10.4. The van der Waals surface area contributed by atoms with E-state index in [0.717, 1.165) is 107 Å².